The zero-order valence-corrected chi connectivity index (χ0v) is 12.4. The van der Waals surface area contributed by atoms with Gasteiger partial charge in [-0.15, -0.1) is 0 Å². The van der Waals surface area contributed by atoms with Crippen molar-refractivity contribution in [2.45, 2.75) is 39.2 Å². The maximum atomic E-state index is 13.9. The average molecular weight is 296 g/mol. The van der Waals surface area contributed by atoms with E-state index in [0.29, 0.717) is 28.1 Å². The van der Waals surface area contributed by atoms with Crippen molar-refractivity contribution in [1.29, 1.82) is 0 Å². The molecule has 0 atom stereocenters. The van der Waals surface area contributed by atoms with Crippen LogP contribution in [0.15, 0.2) is 6.07 Å². The minimum atomic E-state index is -0.460. The number of hydrogen-bond acceptors (Lipinski definition) is 5. The second kappa shape index (κ2) is 5.52. The fourth-order valence-electron chi connectivity index (χ4n) is 2.02. The van der Waals surface area contributed by atoms with Crippen molar-refractivity contribution in [1.82, 2.24) is 9.97 Å². The Morgan fingerprint density at radius 1 is 1.40 bits per heavy atom. The largest absolute Gasteiger partial charge is 0.475 e. The van der Waals surface area contributed by atoms with Gasteiger partial charge >= 0.3 is 0 Å². The van der Waals surface area contributed by atoms with Crippen LogP contribution in [-0.2, 0) is 0 Å². The summed E-state index contributed by atoms with van der Waals surface area (Å²) >= 11 is 1.31. The highest BCUT2D eigenvalue weighted by atomic mass is 32.1. The number of halogens is 1. The monoisotopic (exact) mass is 296 g/mol. The third kappa shape index (κ3) is 2.85. The molecule has 1 saturated carbocycles. The van der Waals surface area contributed by atoms with E-state index in [4.69, 9.17) is 9.47 Å². The molecule has 0 radical (unpaired) electrons. The van der Waals surface area contributed by atoms with Crippen molar-refractivity contribution in [3.8, 4) is 11.1 Å². The predicted octanol–water partition coefficient (Wildman–Crippen LogP) is 3.80. The Kier molecular flexibility index (Phi) is 3.74. The van der Waals surface area contributed by atoms with Crippen LogP contribution < -0.4 is 9.47 Å². The van der Waals surface area contributed by atoms with Crippen molar-refractivity contribution in [3.05, 3.63) is 11.9 Å². The quantitative estimate of drug-likeness (QED) is 0.842. The minimum absolute atomic E-state index is 0.0368. The molecule has 0 amide bonds. The Labute approximate surface area is 120 Å². The fourth-order valence-corrected chi connectivity index (χ4v) is 2.90. The van der Waals surface area contributed by atoms with Gasteiger partial charge in [-0.05, 0) is 32.6 Å². The predicted molar refractivity (Wildman–Crippen MR) is 76.0 cm³/mol. The minimum Gasteiger partial charge on any atom is -0.475 e. The molecule has 108 valence electrons. The molecule has 2 aromatic rings. The molecular formula is C14H17FN2O2S. The molecule has 0 N–H and O–H groups in total. The number of thiazole rings is 1. The maximum absolute atomic E-state index is 13.9. The number of fused-ring (bicyclic) bond motifs is 1. The van der Waals surface area contributed by atoms with Gasteiger partial charge in [-0.1, -0.05) is 17.8 Å². The molecule has 0 aromatic carbocycles. The molecule has 2 heterocycles. The normalized spacial score (nSPS) is 15.6. The first kappa shape index (κ1) is 13.5. The lowest BCUT2D eigenvalue weighted by atomic mass is 9.86. The van der Waals surface area contributed by atoms with Crippen molar-refractivity contribution in [3.63, 3.8) is 0 Å². The summed E-state index contributed by atoms with van der Waals surface area (Å²) in [5.41, 5.74) is 0.513. The van der Waals surface area contributed by atoms with Crippen LogP contribution in [0, 0.1) is 11.7 Å². The van der Waals surface area contributed by atoms with E-state index < -0.39 is 5.82 Å². The number of ether oxygens (including phenoxy) is 2. The fraction of sp³-hybridized carbons (Fsp3) is 0.571. The van der Waals surface area contributed by atoms with Crippen LogP contribution in [-0.4, -0.2) is 22.7 Å². The van der Waals surface area contributed by atoms with Gasteiger partial charge in [0.25, 0.3) is 11.1 Å². The van der Waals surface area contributed by atoms with Gasteiger partial charge in [-0.25, -0.2) is 9.37 Å². The molecule has 3 rings (SSSR count). The van der Waals surface area contributed by atoms with Crippen molar-refractivity contribution in [2.75, 3.05) is 6.61 Å². The Balaban J connectivity index is 1.79. The number of hydrogen-bond donors (Lipinski definition) is 0. The molecule has 1 aliphatic rings. The van der Waals surface area contributed by atoms with Crippen LogP contribution in [0.3, 0.4) is 0 Å². The zero-order chi connectivity index (χ0) is 14.1. The summed E-state index contributed by atoms with van der Waals surface area (Å²) in [5, 5.41) is 0.512. The summed E-state index contributed by atoms with van der Waals surface area (Å²) in [6.07, 6.45) is 3.61. The Bertz CT molecular complexity index is 610. The van der Waals surface area contributed by atoms with Gasteiger partial charge < -0.3 is 9.47 Å². The first-order chi connectivity index (χ1) is 9.61. The molecule has 0 unspecified atom stereocenters. The molecule has 1 fully saturated rings. The summed E-state index contributed by atoms with van der Waals surface area (Å²) in [6, 6.07) is 1.36. The summed E-state index contributed by atoms with van der Waals surface area (Å²) in [6.45, 7) is 4.39. The molecule has 4 nitrogen and oxygen atoms in total. The maximum Gasteiger partial charge on any atom is 0.276 e. The van der Waals surface area contributed by atoms with Crippen molar-refractivity contribution >= 4 is 21.7 Å². The van der Waals surface area contributed by atoms with E-state index in [1.165, 1.54) is 23.8 Å². The summed E-state index contributed by atoms with van der Waals surface area (Å²) in [5.74, 6) is 0.163. The summed E-state index contributed by atoms with van der Waals surface area (Å²) in [4.78, 5) is 9.07. The van der Waals surface area contributed by atoms with E-state index in [-0.39, 0.29) is 12.0 Å². The highest BCUT2D eigenvalue weighted by molar-refractivity contribution is 7.19. The standard InChI is InChI=1S/C14H17FN2O2S/c1-8(2)19-14-16-11-6-10(15)12(17-13(11)20-14)18-7-9-4-3-5-9/h6,8-9H,3-5,7H2,1-2H3. The molecule has 20 heavy (non-hydrogen) atoms. The molecule has 2 aromatic heterocycles. The van der Waals surface area contributed by atoms with E-state index in [1.54, 1.807) is 0 Å². The van der Waals surface area contributed by atoms with Crippen LogP contribution in [0.25, 0.3) is 10.3 Å². The third-order valence-corrected chi connectivity index (χ3v) is 4.16. The molecule has 1 aliphatic carbocycles. The van der Waals surface area contributed by atoms with E-state index in [9.17, 15) is 4.39 Å². The van der Waals surface area contributed by atoms with Crippen molar-refractivity contribution < 1.29 is 13.9 Å². The first-order valence-electron chi connectivity index (χ1n) is 6.88. The Hall–Kier alpha value is -1.43. The highest BCUT2D eigenvalue weighted by Crippen LogP contribution is 2.31. The van der Waals surface area contributed by atoms with Gasteiger partial charge in [0.15, 0.2) is 10.6 Å². The lowest BCUT2D eigenvalue weighted by Crippen LogP contribution is -2.19. The number of aromatic nitrogens is 2. The number of rotatable bonds is 5. The van der Waals surface area contributed by atoms with Gasteiger partial charge in [0, 0.05) is 6.07 Å². The Morgan fingerprint density at radius 3 is 2.85 bits per heavy atom. The van der Waals surface area contributed by atoms with Crippen LogP contribution in [0.2, 0.25) is 0 Å². The lowest BCUT2D eigenvalue weighted by molar-refractivity contribution is 0.170. The van der Waals surface area contributed by atoms with Gasteiger partial charge in [0.1, 0.15) is 5.52 Å². The third-order valence-electron chi connectivity index (χ3n) is 3.30. The van der Waals surface area contributed by atoms with Gasteiger partial charge in [-0.2, -0.15) is 4.98 Å². The molecule has 0 saturated heterocycles. The summed E-state index contributed by atoms with van der Waals surface area (Å²) < 4.78 is 24.9. The van der Waals surface area contributed by atoms with Crippen LogP contribution in [0.4, 0.5) is 4.39 Å². The first-order valence-corrected chi connectivity index (χ1v) is 7.70. The second-order valence-electron chi connectivity index (χ2n) is 5.35. The SMILES string of the molecule is CC(C)Oc1nc2cc(F)c(OCC3CCC3)nc2s1. The van der Waals surface area contributed by atoms with Crippen molar-refractivity contribution in [2.24, 2.45) is 5.92 Å². The lowest BCUT2D eigenvalue weighted by Gasteiger charge is -2.24. The summed E-state index contributed by atoms with van der Waals surface area (Å²) in [7, 11) is 0. The van der Waals surface area contributed by atoms with E-state index in [1.807, 2.05) is 13.8 Å². The van der Waals surface area contributed by atoms with E-state index in [2.05, 4.69) is 9.97 Å². The molecule has 6 heteroatoms. The van der Waals surface area contributed by atoms with Crippen LogP contribution >= 0.6 is 11.3 Å². The number of nitrogens with zero attached hydrogens (tertiary/aromatic N) is 2. The smallest absolute Gasteiger partial charge is 0.276 e. The van der Waals surface area contributed by atoms with Gasteiger partial charge in [0.05, 0.1) is 12.7 Å². The second-order valence-corrected chi connectivity index (χ2v) is 6.29. The van der Waals surface area contributed by atoms with Gasteiger partial charge in [-0.3, -0.25) is 0 Å². The van der Waals surface area contributed by atoms with E-state index in [0.717, 1.165) is 12.8 Å². The zero-order valence-electron chi connectivity index (χ0n) is 11.6. The molecule has 0 aliphatic heterocycles. The van der Waals surface area contributed by atoms with E-state index >= 15 is 0 Å². The Morgan fingerprint density at radius 2 is 2.20 bits per heavy atom. The highest BCUT2D eigenvalue weighted by Gasteiger charge is 2.20. The van der Waals surface area contributed by atoms with Crippen LogP contribution in [0.1, 0.15) is 33.1 Å². The topological polar surface area (TPSA) is 44.2 Å². The number of pyridine rings is 1. The average Bonchev–Trinajstić information content (AvgIpc) is 2.67. The molecule has 0 spiro atoms. The molecular weight excluding hydrogens is 279 g/mol. The van der Waals surface area contributed by atoms with Gasteiger partial charge in [0.2, 0.25) is 0 Å². The molecule has 0 bridgehead atoms. The van der Waals surface area contributed by atoms with Crippen LogP contribution in [0.5, 0.6) is 11.1 Å².